The molecule has 1 aromatic carbocycles. The average Bonchev–Trinajstić information content (AvgIpc) is 3.34. The van der Waals surface area contributed by atoms with Gasteiger partial charge < -0.3 is 14.7 Å². The fourth-order valence-electron chi connectivity index (χ4n) is 3.91. The Morgan fingerprint density at radius 2 is 2.00 bits per heavy atom. The molecule has 0 unspecified atom stereocenters. The van der Waals surface area contributed by atoms with Crippen molar-refractivity contribution < 1.29 is 9.84 Å². The van der Waals surface area contributed by atoms with E-state index in [4.69, 9.17) is 14.7 Å². The molecule has 0 spiro atoms. The summed E-state index contributed by atoms with van der Waals surface area (Å²) in [7, 11) is 0. The van der Waals surface area contributed by atoms with Crippen molar-refractivity contribution in [3.63, 3.8) is 0 Å². The quantitative estimate of drug-likeness (QED) is 0.729. The van der Waals surface area contributed by atoms with Crippen LogP contribution in [0.15, 0.2) is 30.5 Å². The number of morpholine rings is 1. The Labute approximate surface area is 167 Å². The molecule has 0 saturated carbocycles. The highest BCUT2D eigenvalue weighted by Gasteiger charge is 2.29. The molecule has 0 aliphatic carbocycles. The number of aliphatic hydroxyl groups is 1. The van der Waals surface area contributed by atoms with Crippen LogP contribution in [0.25, 0.3) is 16.7 Å². The fraction of sp³-hybridized carbons (Fsp3) is 0.400. The number of imidazole rings is 1. The van der Waals surface area contributed by atoms with E-state index in [1.807, 2.05) is 6.07 Å². The van der Waals surface area contributed by atoms with Gasteiger partial charge in [0.2, 0.25) is 0 Å². The summed E-state index contributed by atoms with van der Waals surface area (Å²) in [5, 5.41) is 12.6. The lowest BCUT2D eigenvalue weighted by Gasteiger charge is -2.35. The molecule has 28 heavy (non-hydrogen) atoms. The summed E-state index contributed by atoms with van der Waals surface area (Å²) in [4.78, 5) is 13.0. The van der Waals surface area contributed by atoms with Gasteiger partial charge >= 0.3 is 0 Å². The molecular weight excluding hydrogens is 374 g/mol. The van der Waals surface area contributed by atoms with E-state index in [0.29, 0.717) is 6.54 Å². The number of rotatable bonds is 4. The molecule has 2 aliphatic heterocycles. The number of benzene rings is 1. The number of para-hydroxylation sites is 2. The largest absolute Gasteiger partial charge is 0.389 e. The molecule has 146 valence electrons. The molecule has 0 amide bonds. The zero-order valence-electron chi connectivity index (χ0n) is 15.8. The van der Waals surface area contributed by atoms with Crippen molar-refractivity contribution in [2.75, 3.05) is 31.3 Å². The van der Waals surface area contributed by atoms with Gasteiger partial charge in [0.25, 0.3) is 0 Å². The van der Waals surface area contributed by atoms with Gasteiger partial charge in [-0.05, 0) is 12.1 Å². The van der Waals surface area contributed by atoms with Gasteiger partial charge in [-0.3, -0.25) is 5.01 Å². The Morgan fingerprint density at radius 1 is 1.18 bits per heavy atom. The fourth-order valence-corrected chi connectivity index (χ4v) is 4.84. The van der Waals surface area contributed by atoms with E-state index in [2.05, 4.69) is 45.9 Å². The summed E-state index contributed by atoms with van der Waals surface area (Å²) in [6.07, 6.45) is 3.03. The van der Waals surface area contributed by atoms with E-state index in [1.54, 1.807) is 11.3 Å². The van der Waals surface area contributed by atoms with E-state index in [9.17, 15) is 5.11 Å². The zero-order valence-corrected chi connectivity index (χ0v) is 16.7. The predicted molar refractivity (Wildman–Crippen MR) is 109 cm³/mol. The van der Waals surface area contributed by atoms with Gasteiger partial charge in [0, 0.05) is 25.7 Å². The van der Waals surface area contributed by atoms with Gasteiger partial charge in [0.1, 0.15) is 16.5 Å². The van der Waals surface area contributed by atoms with E-state index in [0.717, 1.165) is 66.0 Å². The lowest BCUT2D eigenvalue weighted by molar-refractivity contribution is 0.0636. The molecule has 8 heteroatoms. The molecular formula is C20H23N5O2S. The summed E-state index contributed by atoms with van der Waals surface area (Å²) >= 11 is 1.59. The maximum absolute atomic E-state index is 9.62. The molecule has 2 aromatic heterocycles. The number of ether oxygens (including phenoxy) is 1. The standard InChI is InChI=1S/C20H23N5O2S/c1-2-18-21-14-5-3-4-6-15(14)25(18)24-11-16(23-7-9-27-10-8-23)20-17(12-24)28-19(13-26)22-20/h3-6,11,26H,2,7-10,12-13H2,1H3. The van der Waals surface area contributed by atoms with Gasteiger partial charge in [-0.1, -0.05) is 19.1 Å². The predicted octanol–water partition coefficient (Wildman–Crippen LogP) is 2.33. The summed E-state index contributed by atoms with van der Waals surface area (Å²) < 4.78 is 7.76. The average molecular weight is 398 g/mol. The van der Waals surface area contributed by atoms with Gasteiger partial charge in [-0.15, -0.1) is 11.3 Å². The number of aromatic nitrogens is 3. The second kappa shape index (κ2) is 7.20. The molecule has 1 fully saturated rings. The van der Waals surface area contributed by atoms with Gasteiger partial charge in [0.05, 0.1) is 48.0 Å². The van der Waals surface area contributed by atoms with Crippen LogP contribution in [0.1, 0.15) is 28.3 Å². The molecule has 1 N–H and O–H groups in total. The highest BCUT2D eigenvalue weighted by atomic mass is 32.1. The van der Waals surface area contributed by atoms with Crippen molar-refractivity contribution in [1.82, 2.24) is 19.5 Å². The van der Waals surface area contributed by atoms with Crippen molar-refractivity contribution in [3.8, 4) is 0 Å². The van der Waals surface area contributed by atoms with Crippen LogP contribution in [0, 0.1) is 0 Å². The number of aliphatic hydroxyl groups excluding tert-OH is 1. The number of hydrogen-bond donors (Lipinski definition) is 1. The monoisotopic (exact) mass is 397 g/mol. The van der Waals surface area contributed by atoms with Crippen LogP contribution in [0.3, 0.4) is 0 Å². The Morgan fingerprint density at radius 3 is 2.79 bits per heavy atom. The summed E-state index contributed by atoms with van der Waals surface area (Å²) in [6.45, 7) is 5.95. The Hall–Kier alpha value is -2.42. The molecule has 0 radical (unpaired) electrons. The molecule has 2 aliphatic rings. The van der Waals surface area contributed by atoms with E-state index in [-0.39, 0.29) is 6.61 Å². The summed E-state index contributed by atoms with van der Waals surface area (Å²) in [5.74, 6) is 1.04. The van der Waals surface area contributed by atoms with Crippen molar-refractivity contribution in [2.45, 2.75) is 26.5 Å². The van der Waals surface area contributed by atoms with Crippen molar-refractivity contribution in [1.29, 1.82) is 0 Å². The third kappa shape index (κ3) is 2.88. The van der Waals surface area contributed by atoms with Crippen LogP contribution in [0.2, 0.25) is 0 Å². The highest BCUT2D eigenvalue weighted by Crippen LogP contribution is 2.34. The maximum atomic E-state index is 9.62. The van der Waals surface area contributed by atoms with Gasteiger partial charge in [0.15, 0.2) is 0 Å². The zero-order chi connectivity index (χ0) is 19.1. The first-order chi connectivity index (χ1) is 13.8. The summed E-state index contributed by atoms with van der Waals surface area (Å²) in [6, 6.07) is 8.26. The number of fused-ring (bicyclic) bond motifs is 2. The first-order valence-electron chi connectivity index (χ1n) is 9.66. The topological polar surface area (TPSA) is 66.7 Å². The number of nitrogens with zero attached hydrogens (tertiary/aromatic N) is 5. The Kier molecular flexibility index (Phi) is 4.54. The second-order valence-corrected chi connectivity index (χ2v) is 8.10. The van der Waals surface area contributed by atoms with E-state index < -0.39 is 0 Å². The van der Waals surface area contributed by atoms with Crippen molar-refractivity contribution in [3.05, 3.63) is 51.9 Å². The van der Waals surface area contributed by atoms with Crippen LogP contribution in [0.5, 0.6) is 0 Å². The summed E-state index contributed by atoms with van der Waals surface area (Å²) in [5.41, 5.74) is 4.20. The molecule has 0 atom stereocenters. The SMILES string of the molecule is CCc1nc2ccccc2n1N1C=C(N2CCOCC2)c2nc(CO)sc2C1. The lowest BCUT2D eigenvalue weighted by atomic mass is 10.2. The van der Waals surface area contributed by atoms with Crippen LogP contribution in [-0.4, -0.2) is 51.0 Å². The molecule has 3 aromatic rings. The van der Waals surface area contributed by atoms with E-state index in [1.165, 1.54) is 4.88 Å². The second-order valence-electron chi connectivity index (χ2n) is 6.93. The van der Waals surface area contributed by atoms with Crippen LogP contribution in [-0.2, 0) is 24.3 Å². The maximum Gasteiger partial charge on any atom is 0.129 e. The molecule has 7 nitrogen and oxygen atoms in total. The highest BCUT2D eigenvalue weighted by molar-refractivity contribution is 7.11. The van der Waals surface area contributed by atoms with Crippen molar-refractivity contribution in [2.24, 2.45) is 0 Å². The van der Waals surface area contributed by atoms with Crippen LogP contribution < -0.4 is 5.01 Å². The third-order valence-corrected chi connectivity index (χ3v) is 6.25. The van der Waals surface area contributed by atoms with Crippen LogP contribution >= 0.6 is 11.3 Å². The number of thiazole rings is 1. The first-order valence-corrected chi connectivity index (χ1v) is 10.5. The molecule has 0 bridgehead atoms. The lowest BCUT2D eigenvalue weighted by Crippen LogP contribution is -2.39. The smallest absolute Gasteiger partial charge is 0.129 e. The number of aryl methyl sites for hydroxylation is 1. The minimum atomic E-state index is -0.0255. The Balaban J connectivity index is 1.64. The molecule has 5 rings (SSSR count). The third-order valence-electron chi connectivity index (χ3n) is 5.23. The van der Waals surface area contributed by atoms with Gasteiger partial charge in [-0.2, -0.15) is 0 Å². The van der Waals surface area contributed by atoms with Crippen LogP contribution in [0.4, 0.5) is 0 Å². The van der Waals surface area contributed by atoms with Crippen molar-refractivity contribution >= 4 is 28.1 Å². The molecule has 1 saturated heterocycles. The Bertz CT molecular complexity index is 1030. The molecule has 4 heterocycles. The minimum absolute atomic E-state index is 0.0255. The number of hydrogen-bond acceptors (Lipinski definition) is 7. The van der Waals surface area contributed by atoms with Gasteiger partial charge in [-0.25, -0.2) is 14.6 Å². The van der Waals surface area contributed by atoms with E-state index >= 15 is 0 Å². The normalized spacial score (nSPS) is 17.1. The first kappa shape index (κ1) is 17.7. The minimum Gasteiger partial charge on any atom is -0.389 e.